The van der Waals surface area contributed by atoms with Crippen molar-refractivity contribution in [2.24, 2.45) is 10.9 Å². The molecule has 2 amide bonds. The summed E-state index contributed by atoms with van der Waals surface area (Å²) in [6.07, 6.45) is 4.01. The average Bonchev–Trinajstić information content (AvgIpc) is 3.83. The number of Topliss-reactive ketones (excluding diaryl/α,β-unsaturated/α-hetero) is 2. The molecular weight excluding hydrogens is 784 g/mol. The van der Waals surface area contributed by atoms with E-state index in [-0.39, 0.29) is 36.9 Å². The molecule has 298 valence electrons. The van der Waals surface area contributed by atoms with E-state index in [9.17, 15) is 19.2 Å². The van der Waals surface area contributed by atoms with Crippen LogP contribution in [0.15, 0.2) is 65.8 Å². The molecule has 2 fully saturated rings. The summed E-state index contributed by atoms with van der Waals surface area (Å²) in [7, 11) is 0. The first-order chi connectivity index (χ1) is 28.5. The first-order valence-electron chi connectivity index (χ1n) is 19.9. The number of pyridine rings is 1. The molecule has 0 spiro atoms. The molecule has 1 aliphatic carbocycles. The molecule has 1 unspecified atom stereocenters. The second-order valence-corrected chi connectivity index (χ2v) is 17.1. The standard InChI is InChI=1S/C45H41ClN8O4S/c1-25-38(59-45-39(25)41(30-8-10-31(46)11-9-30)49-26(2)42-51-50-27(3)53(42)45)16-13-32-12-7-29(23-47-32)24-52-19-17-28(18-20-52)22-48-35-6-4-5-34-40(35)44(58)54(43(34)57)36-15-14-33(55)21-37(36)56/h4-12,23,26,28,36,48H,14-15,17-22,24H2,1-3H3/t26-,36?/m0/s1. The number of rotatable bonds is 7. The van der Waals surface area contributed by atoms with Crippen molar-refractivity contribution in [3.05, 3.63) is 121 Å². The minimum absolute atomic E-state index is 0.148. The molecular formula is C45H41ClN8O4S. The second kappa shape index (κ2) is 15.7. The lowest BCUT2D eigenvalue weighted by atomic mass is 9.92. The number of aromatic nitrogens is 4. The Morgan fingerprint density at radius 1 is 0.915 bits per heavy atom. The summed E-state index contributed by atoms with van der Waals surface area (Å²) in [5.74, 6) is 7.24. The van der Waals surface area contributed by atoms with Gasteiger partial charge in [-0.05, 0) is 112 Å². The highest BCUT2D eigenvalue weighted by Gasteiger charge is 2.45. The summed E-state index contributed by atoms with van der Waals surface area (Å²) in [5.41, 5.74) is 6.96. The number of carbonyl (C=O) groups excluding carboxylic acids is 4. The van der Waals surface area contributed by atoms with Crippen molar-refractivity contribution in [3.63, 3.8) is 0 Å². The number of hydrogen-bond acceptors (Lipinski definition) is 11. The SMILES string of the molecule is Cc1c(C#Cc2ccc(CN3CCC(CNc4cccc5c4C(=O)N(C4CCC(=O)CC4=O)C5=O)CC3)cn2)sc2c1C(c1ccc(Cl)cc1)=N[C@@H](C)c1nnc(C)n1-2. The number of nitrogens with one attached hydrogen (secondary N) is 1. The predicted octanol–water partition coefficient (Wildman–Crippen LogP) is 6.92. The molecule has 59 heavy (non-hydrogen) atoms. The van der Waals surface area contributed by atoms with Crippen LogP contribution in [0.1, 0.15) is 110 Å². The van der Waals surface area contributed by atoms with E-state index in [1.807, 2.05) is 56.4 Å². The van der Waals surface area contributed by atoms with Crippen molar-refractivity contribution in [2.45, 2.75) is 71.5 Å². The fourth-order valence-electron chi connectivity index (χ4n) is 8.54. The molecule has 1 saturated carbocycles. The van der Waals surface area contributed by atoms with E-state index in [0.717, 1.165) is 86.9 Å². The third-order valence-corrected chi connectivity index (χ3v) is 13.2. The minimum atomic E-state index is -0.882. The molecule has 9 rings (SSSR count). The molecule has 2 aromatic carbocycles. The molecule has 6 heterocycles. The Labute approximate surface area is 350 Å². The zero-order valence-electron chi connectivity index (χ0n) is 32.9. The molecule has 0 radical (unpaired) electrons. The molecule has 2 atom stereocenters. The van der Waals surface area contributed by atoms with Gasteiger partial charge in [0.1, 0.15) is 28.3 Å². The van der Waals surface area contributed by atoms with Crippen LogP contribution in [0.4, 0.5) is 5.69 Å². The maximum Gasteiger partial charge on any atom is 0.264 e. The Balaban J connectivity index is 0.828. The number of imide groups is 1. The number of piperidine rings is 1. The Kier molecular flexibility index (Phi) is 10.3. The summed E-state index contributed by atoms with van der Waals surface area (Å²) >= 11 is 7.85. The smallest absolute Gasteiger partial charge is 0.264 e. The topological polar surface area (TPSA) is 143 Å². The lowest BCUT2D eigenvalue weighted by Crippen LogP contribution is -2.47. The maximum absolute atomic E-state index is 13.5. The number of nitrogens with zero attached hydrogens (tertiary/aromatic N) is 7. The third-order valence-electron chi connectivity index (χ3n) is 11.8. The minimum Gasteiger partial charge on any atom is -0.384 e. The molecule has 1 N–H and O–H groups in total. The normalized spacial score (nSPS) is 19.5. The number of anilines is 1. The Morgan fingerprint density at radius 2 is 1.71 bits per heavy atom. The first kappa shape index (κ1) is 38.7. The summed E-state index contributed by atoms with van der Waals surface area (Å²) in [6.45, 7) is 9.38. The number of likely N-dealkylation sites (tertiary alicyclic amines) is 1. The Morgan fingerprint density at radius 3 is 2.46 bits per heavy atom. The van der Waals surface area contributed by atoms with Crippen molar-refractivity contribution in [1.82, 2.24) is 29.5 Å². The van der Waals surface area contributed by atoms with Crippen LogP contribution in [0.5, 0.6) is 0 Å². The van der Waals surface area contributed by atoms with Gasteiger partial charge in [-0.15, -0.1) is 21.5 Å². The van der Waals surface area contributed by atoms with Gasteiger partial charge in [-0.3, -0.25) is 38.5 Å². The highest BCUT2D eigenvalue weighted by atomic mass is 35.5. The number of halogens is 1. The molecule has 5 aromatic rings. The van der Waals surface area contributed by atoms with Gasteiger partial charge in [-0.25, -0.2) is 4.98 Å². The number of carbonyl (C=O) groups is 4. The first-order valence-corrected chi connectivity index (χ1v) is 21.1. The van der Waals surface area contributed by atoms with Gasteiger partial charge in [-0.1, -0.05) is 35.9 Å². The van der Waals surface area contributed by atoms with Crippen molar-refractivity contribution < 1.29 is 19.2 Å². The third kappa shape index (κ3) is 7.30. The fraction of sp³-hybridized carbons (Fsp3) is 0.333. The fourth-order valence-corrected chi connectivity index (χ4v) is 9.88. The van der Waals surface area contributed by atoms with Gasteiger partial charge in [0.05, 0.1) is 34.2 Å². The van der Waals surface area contributed by atoms with Crippen LogP contribution in [0.25, 0.3) is 5.00 Å². The second-order valence-electron chi connectivity index (χ2n) is 15.7. The Bertz CT molecular complexity index is 2630. The highest BCUT2D eigenvalue weighted by molar-refractivity contribution is 7.15. The number of hydrogen-bond donors (Lipinski definition) is 1. The largest absolute Gasteiger partial charge is 0.384 e. The monoisotopic (exact) mass is 824 g/mol. The van der Waals surface area contributed by atoms with E-state index >= 15 is 0 Å². The van der Waals surface area contributed by atoms with Crippen LogP contribution in [0.2, 0.25) is 5.02 Å². The van der Waals surface area contributed by atoms with Gasteiger partial charge < -0.3 is 5.32 Å². The number of ketones is 2. The molecule has 14 heteroatoms. The van der Waals surface area contributed by atoms with Crippen molar-refractivity contribution in [3.8, 4) is 16.8 Å². The van der Waals surface area contributed by atoms with E-state index < -0.39 is 17.9 Å². The van der Waals surface area contributed by atoms with Crippen LogP contribution >= 0.6 is 22.9 Å². The summed E-state index contributed by atoms with van der Waals surface area (Å²) in [4.78, 5) is 65.4. The summed E-state index contributed by atoms with van der Waals surface area (Å²) in [6, 6.07) is 16.0. The number of aryl methyl sites for hydroxylation is 1. The molecule has 0 bridgehead atoms. The summed E-state index contributed by atoms with van der Waals surface area (Å²) in [5, 5.41) is 14.0. The van der Waals surface area contributed by atoms with Gasteiger partial charge >= 0.3 is 0 Å². The van der Waals surface area contributed by atoms with Gasteiger partial charge in [0.15, 0.2) is 11.6 Å². The molecule has 4 aliphatic rings. The van der Waals surface area contributed by atoms with Crippen LogP contribution < -0.4 is 5.32 Å². The number of fused-ring (bicyclic) bond motifs is 4. The molecule has 3 aromatic heterocycles. The summed E-state index contributed by atoms with van der Waals surface area (Å²) < 4.78 is 2.10. The van der Waals surface area contributed by atoms with E-state index in [1.54, 1.807) is 23.5 Å². The molecule has 12 nitrogen and oxygen atoms in total. The van der Waals surface area contributed by atoms with E-state index in [0.29, 0.717) is 40.0 Å². The average molecular weight is 825 g/mol. The van der Waals surface area contributed by atoms with Gasteiger partial charge in [0.2, 0.25) is 0 Å². The number of thiophene rings is 1. The van der Waals surface area contributed by atoms with E-state index in [2.05, 4.69) is 49.8 Å². The molecule has 3 aliphatic heterocycles. The van der Waals surface area contributed by atoms with E-state index in [4.69, 9.17) is 21.6 Å². The van der Waals surface area contributed by atoms with Crippen LogP contribution in [0.3, 0.4) is 0 Å². The van der Waals surface area contributed by atoms with Gasteiger partial charge in [-0.2, -0.15) is 0 Å². The maximum atomic E-state index is 13.5. The van der Waals surface area contributed by atoms with Crippen molar-refractivity contribution in [2.75, 3.05) is 25.0 Å². The lowest BCUT2D eigenvalue weighted by molar-refractivity contribution is -0.132. The number of amides is 2. The lowest BCUT2D eigenvalue weighted by Gasteiger charge is -2.32. The van der Waals surface area contributed by atoms with Gasteiger partial charge in [0.25, 0.3) is 11.8 Å². The zero-order valence-corrected chi connectivity index (χ0v) is 34.5. The quantitative estimate of drug-likeness (QED) is 0.105. The Hall–Kier alpha value is -5.81. The van der Waals surface area contributed by atoms with Crippen molar-refractivity contribution in [1.29, 1.82) is 0 Å². The van der Waals surface area contributed by atoms with Crippen LogP contribution in [-0.2, 0) is 16.1 Å². The zero-order chi connectivity index (χ0) is 40.9. The highest BCUT2D eigenvalue weighted by Crippen LogP contribution is 2.39. The number of aliphatic imine (C=N–C) groups is 1. The van der Waals surface area contributed by atoms with Crippen LogP contribution in [0, 0.1) is 31.6 Å². The van der Waals surface area contributed by atoms with Gasteiger partial charge in [0, 0.05) is 47.5 Å². The van der Waals surface area contributed by atoms with Crippen molar-refractivity contribution >= 4 is 57.7 Å². The molecule has 1 saturated heterocycles. The van der Waals surface area contributed by atoms with Crippen LogP contribution in [-0.4, -0.2) is 84.3 Å². The van der Waals surface area contributed by atoms with E-state index in [1.165, 1.54) is 0 Å². The number of benzene rings is 2. The predicted molar refractivity (Wildman–Crippen MR) is 226 cm³/mol.